The number of rotatable bonds is 1. The first-order chi connectivity index (χ1) is 5.59. The third-order valence-corrected chi connectivity index (χ3v) is 3.51. The van der Waals surface area contributed by atoms with Crippen molar-refractivity contribution in [3.05, 3.63) is 0 Å². The molecule has 0 bridgehead atoms. The van der Waals surface area contributed by atoms with E-state index in [4.69, 9.17) is 4.74 Å². The minimum Gasteiger partial charge on any atom is -0.468 e. The summed E-state index contributed by atoms with van der Waals surface area (Å²) in [5.41, 5.74) is 0.351. The molecule has 12 heavy (non-hydrogen) atoms. The summed E-state index contributed by atoms with van der Waals surface area (Å²) in [6, 6.07) is -0.0463. The molecule has 1 aliphatic heterocycles. The lowest BCUT2D eigenvalue weighted by molar-refractivity contribution is -0.143. The van der Waals surface area contributed by atoms with Gasteiger partial charge in [0.05, 0.1) is 7.11 Å². The Morgan fingerprint density at radius 3 is 2.67 bits per heavy atom. The molecule has 0 spiro atoms. The molecule has 2 unspecified atom stereocenters. The van der Waals surface area contributed by atoms with Crippen LogP contribution >= 0.6 is 0 Å². The van der Waals surface area contributed by atoms with Gasteiger partial charge >= 0.3 is 5.97 Å². The number of carbonyl (C=O) groups excluding carboxylic acids is 1. The molecule has 0 amide bonds. The maximum atomic E-state index is 11.3. The molecule has 3 heteroatoms. The van der Waals surface area contributed by atoms with E-state index >= 15 is 0 Å². The van der Waals surface area contributed by atoms with Gasteiger partial charge in [0.1, 0.15) is 6.04 Å². The van der Waals surface area contributed by atoms with E-state index in [1.54, 1.807) is 0 Å². The summed E-state index contributed by atoms with van der Waals surface area (Å²) in [7, 11) is 1.45. The van der Waals surface area contributed by atoms with Gasteiger partial charge in [-0.2, -0.15) is 0 Å². The van der Waals surface area contributed by atoms with Gasteiger partial charge in [0, 0.05) is 0 Å². The predicted octanol–water partition coefficient (Wildman–Crippen LogP) is 0.403. The van der Waals surface area contributed by atoms with Crippen LogP contribution in [0.15, 0.2) is 0 Å². The normalized spacial score (nSPS) is 42.1. The third-order valence-electron chi connectivity index (χ3n) is 3.51. The lowest BCUT2D eigenvalue weighted by atomic mass is 10.0. The number of methoxy groups -OCH3 is 1. The summed E-state index contributed by atoms with van der Waals surface area (Å²) in [4.78, 5) is 11.3. The minimum absolute atomic E-state index is 0.0463. The molecule has 1 saturated heterocycles. The van der Waals surface area contributed by atoms with Crippen molar-refractivity contribution in [1.29, 1.82) is 0 Å². The molecule has 0 aromatic rings. The highest BCUT2D eigenvalue weighted by molar-refractivity contribution is 5.77. The molecule has 2 aliphatic rings. The monoisotopic (exact) mass is 169 g/mol. The third kappa shape index (κ3) is 0.829. The van der Waals surface area contributed by atoms with E-state index < -0.39 is 0 Å². The quantitative estimate of drug-likeness (QED) is 0.577. The van der Waals surface area contributed by atoms with Crippen LogP contribution in [0.2, 0.25) is 0 Å². The van der Waals surface area contributed by atoms with Crippen molar-refractivity contribution >= 4 is 5.97 Å². The average molecular weight is 169 g/mol. The Balaban J connectivity index is 2.08. The summed E-state index contributed by atoms with van der Waals surface area (Å²) in [6.07, 6.45) is 0. The highest BCUT2D eigenvalue weighted by atomic mass is 16.5. The smallest absolute Gasteiger partial charge is 0.323 e. The number of hydrogen-bond acceptors (Lipinski definition) is 3. The van der Waals surface area contributed by atoms with E-state index in [-0.39, 0.29) is 12.0 Å². The molecular weight excluding hydrogens is 154 g/mol. The molecule has 2 rings (SSSR count). The van der Waals surface area contributed by atoms with Crippen LogP contribution in [0.4, 0.5) is 0 Å². The Bertz CT molecular complexity index is 225. The van der Waals surface area contributed by atoms with Crippen molar-refractivity contribution in [3.63, 3.8) is 0 Å². The van der Waals surface area contributed by atoms with E-state index in [0.29, 0.717) is 17.3 Å². The van der Waals surface area contributed by atoms with E-state index in [2.05, 4.69) is 19.2 Å². The largest absolute Gasteiger partial charge is 0.468 e. The van der Waals surface area contributed by atoms with Crippen LogP contribution < -0.4 is 5.32 Å². The molecule has 1 saturated carbocycles. The summed E-state index contributed by atoms with van der Waals surface area (Å²) in [5, 5.41) is 3.19. The Morgan fingerprint density at radius 2 is 2.25 bits per heavy atom. The number of ether oxygens (including phenoxy) is 1. The second-order valence-corrected chi connectivity index (χ2v) is 4.36. The summed E-state index contributed by atoms with van der Waals surface area (Å²) < 4.78 is 4.72. The van der Waals surface area contributed by atoms with E-state index in [0.717, 1.165) is 6.54 Å². The van der Waals surface area contributed by atoms with Gasteiger partial charge in [-0.1, -0.05) is 13.8 Å². The molecular formula is C9H15NO2. The number of hydrogen-bond donors (Lipinski definition) is 1. The van der Waals surface area contributed by atoms with Crippen LogP contribution in [0.5, 0.6) is 0 Å². The SMILES string of the molecule is COC(=O)[C@H]1NCC2C1C2(C)C. The lowest BCUT2D eigenvalue weighted by Gasteiger charge is -2.16. The molecule has 3 nitrogen and oxygen atoms in total. The Kier molecular flexibility index (Phi) is 1.49. The van der Waals surface area contributed by atoms with Crippen molar-refractivity contribution in [2.75, 3.05) is 13.7 Å². The molecule has 1 N–H and O–H groups in total. The van der Waals surface area contributed by atoms with Crippen molar-refractivity contribution in [2.45, 2.75) is 19.9 Å². The zero-order chi connectivity index (χ0) is 8.93. The number of fused-ring (bicyclic) bond motifs is 1. The highest BCUT2D eigenvalue weighted by Gasteiger charge is 2.66. The fourth-order valence-electron chi connectivity index (χ4n) is 2.58. The van der Waals surface area contributed by atoms with Gasteiger partial charge < -0.3 is 10.1 Å². The molecule has 1 aliphatic carbocycles. The fourth-order valence-corrected chi connectivity index (χ4v) is 2.58. The van der Waals surface area contributed by atoms with Gasteiger partial charge in [0.15, 0.2) is 0 Å². The fraction of sp³-hybridized carbons (Fsp3) is 0.889. The van der Waals surface area contributed by atoms with Crippen molar-refractivity contribution in [3.8, 4) is 0 Å². The van der Waals surface area contributed by atoms with Crippen LogP contribution in [0.1, 0.15) is 13.8 Å². The van der Waals surface area contributed by atoms with Crippen LogP contribution in [0.25, 0.3) is 0 Å². The van der Waals surface area contributed by atoms with Gasteiger partial charge in [0.2, 0.25) is 0 Å². The van der Waals surface area contributed by atoms with Gasteiger partial charge in [-0.25, -0.2) is 0 Å². The van der Waals surface area contributed by atoms with Gasteiger partial charge in [-0.15, -0.1) is 0 Å². The summed E-state index contributed by atoms with van der Waals surface area (Å²) in [6.45, 7) is 5.41. The van der Waals surface area contributed by atoms with Crippen molar-refractivity contribution in [1.82, 2.24) is 5.32 Å². The lowest BCUT2D eigenvalue weighted by Crippen LogP contribution is -2.38. The number of esters is 1. The standard InChI is InChI=1S/C9H15NO2/c1-9(2)5-4-10-7(6(5)9)8(11)12-3/h5-7,10H,4H2,1-3H3/t5?,6?,7-/m0/s1. The Morgan fingerprint density at radius 1 is 1.58 bits per heavy atom. The predicted molar refractivity (Wildman–Crippen MR) is 44.6 cm³/mol. The van der Waals surface area contributed by atoms with E-state index in [9.17, 15) is 4.79 Å². The molecule has 1 heterocycles. The average Bonchev–Trinajstić information content (AvgIpc) is 2.52. The second kappa shape index (κ2) is 2.22. The van der Waals surface area contributed by atoms with Gasteiger partial charge in [-0.05, 0) is 23.8 Å². The Labute approximate surface area is 72.5 Å². The van der Waals surface area contributed by atoms with Gasteiger partial charge in [0.25, 0.3) is 0 Å². The molecule has 68 valence electrons. The number of carbonyl (C=O) groups is 1. The Hall–Kier alpha value is -0.570. The molecule has 0 radical (unpaired) electrons. The summed E-state index contributed by atoms with van der Waals surface area (Å²) in [5.74, 6) is 1.08. The highest BCUT2D eigenvalue weighted by Crippen LogP contribution is 2.62. The van der Waals surface area contributed by atoms with Crippen LogP contribution in [0.3, 0.4) is 0 Å². The van der Waals surface area contributed by atoms with E-state index in [1.165, 1.54) is 7.11 Å². The molecule has 0 aromatic heterocycles. The minimum atomic E-state index is -0.104. The van der Waals surface area contributed by atoms with Crippen LogP contribution in [0, 0.1) is 17.3 Å². The van der Waals surface area contributed by atoms with Gasteiger partial charge in [-0.3, -0.25) is 4.79 Å². The summed E-state index contributed by atoms with van der Waals surface area (Å²) >= 11 is 0. The zero-order valence-corrected chi connectivity index (χ0v) is 7.76. The first kappa shape index (κ1) is 8.05. The van der Waals surface area contributed by atoms with E-state index in [1.807, 2.05) is 0 Å². The topological polar surface area (TPSA) is 38.3 Å². The maximum absolute atomic E-state index is 11.3. The molecule has 0 aromatic carbocycles. The zero-order valence-electron chi connectivity index (χ0n) is 7.76. The molecule has 3 atom stereocenters. The maximum Gasteiger partial charge on any atom is 0.323 e. The number of nitrogens with one attached hydrogen (secondary N) is 1. The second-order valence-electron chi connectivity index (χ2n) is 4.36. The van der Waals surface area contributed by atoms with Crippen molar-refractivity contribution < 1.29 is 9.53 Å². The van der Waals surface area contributed by atoms with Crippen molar-refractivity contribution in [2.24, 2.45) is 17.3 Å². The first-order valence-corrected chi connectivity index (χ1v) is 4.40. The number of piperidine rings is 1. The first-order valence-electron chi connectivity index (χ1n) is 4.40. The van der Waals surface area contributed by atoms with Crippen LogP contribution in [-0.4, -0.2) is 25.7 Å². The van der Waals surface area contributed by atoms with Crippen LogP contribution in [-0.2, 0) is 9.53 Å². The molecule has 2 fully saturated rings.